The molecule has 0 aliphatic heterocycles. The van der Waals surface area contributed by atoms with Crippen LogP contribution in [0.25, 0.3) is 33.4 Å². The Hall–Kier alpha value is -3.47. The van der Waals surface area contributed by atoms with Crippen LogP contribution < -0.4 is 0 Å². The largest absolute Gasteiger partial charge is 0.206 e. The summed E-state index contributed by atoms with van der Waals surface area (Å²) in [6.07, 6.45) is 3.20. The van der Waals surface area contributed by atoms with Crippen LogP contribution >= 0.6 is 0 Å². The molecule has 168 valence electrons. The summed E-state index contributed by atoms with van der Waals surface area (Å²) in [5.74, 6) is -4.95. The quantitative estimate of drug-likeness (QED) is 0.257. The van der Waals surface area contributed by atoms with Crippen LogP contribution in [0.5, 0.6) is 0 Å². The van der Waals surface area contributed by atoms with Crippen LogP contribution in [0.1, 0.15) is 25.3 Å². The first-order valence-electron chi connectivity index (χ1n) is 10.7. The molecule has 4 aromatic rings. The van der Waals surface area contributed by atoms with Crippen molar-refractivity contribution >= 4 is 0 Å². The third-order valence-corrected chi connectivity index (χ3v) is 5.64. The van der Waals surface area contributed by atoms with E-state index < -0.39 is 34.6 Å². The second kappa shape index (κ2) is 9.57. The van der Waals surface area contributed by atoms with E-state index in [1.54, 1.807) is 6.07 Å². The highest BCUT2D eigenvalue weighted by Crippen LogP contribution is 2.34. The Morgan fingerprint density at radius 2 is 1.09 bits per heavy atom. The summed E-state index contributed by atoms with van der Waals surface area (Å²) >= 11 is 0. The Morgan fingerprint density at radius 1 is 0.515 bits per heavy atom. The zero-order valence-corrected chi connectivity index (χ0v) is 17.9. The molecular formula is C28H21F5. The van der Waals surface area contributed by atoms with E-state index in [1.165, 1.54) is 17.7 Å². The van der Waals surface area contributed by atoms with Crippen molar-refractivity contribution in [3.05, 3.63) is 107 Å². The molecule has 4 aromatic carbocycles. The van der Waals surface area contributed by atoms with Gasteiger partial charge >= 0.3 is 0 Å². The fraction of sp³-hybridized carbons (Fsp3) is 0.143. The van der Waals surface area contributed by atoms with Gasteiger partial charge in [-0.15, -0.1) is 0 Å². The Kier molecular flexibility index (Phi) is 6.59. The Balaban J connectivity index is 1.65. The van der Waals surface area contributed by atoms with Gasteiger partial charge < -0.3 is 0 Å². The van der Waals surface area contributed by atoms with E-state index in [2.05, 4.69) is 6.92 Å². The zero-order valence-electron chi connectivity index (χ0n) is 17.9. The van der Waals surface area contributed by atoms with Crippen molar-refractivity contribution in [2.24, 2.45) is 0 Å². The van der Waals surface area contributed by atoms with Gasteiger partial charge in [0, 0.05) is 5.56 Å². The fourth-order valence-electron chi connectivity index (χ4n) is 3.83. The molecule has 0 spiro atoms. The van der Waals surface area contributed by atoms with E-state index in [1.807, 2.05) is 24.3 Å². The van der Waals surface area contributed by atoms with Gasteiger partial charge in [-0.1, -0.05) is 55.8 Å². The molecule has 0 radical (unpaired) electrons. The Morgan fingerprint density at radius 3 is 1.70 bits per heavy atom. The predicted molar refractivity (Wildman–Crippen MR) is 121 cm³/mol. The van der Waals surface area contributed by atoms with Crippen molar-refractivity contribution in [2.45, 2.75) is 26.2 Å². The number of unbranched alkanes of at least 4 members (excludes halogenated alkanes) is 1. The molecule has 0 saturated heterocycles. The van der Waals surface area contributed by atoms with Gasteiger partial charge in [-0.25, -0.2) is 22.0 Å². The van der Waals surface area contributed by atoms with Gasteiger partial charge in [0.25, 0.3) is 0 Å². The van der Waals surface area contributed by atoms with Crippen molar-refractivity contribution in [1.82, 2.24) is 0 Å². The van der Waals surface area contributed by atoms with Gasteiger partial charge in [0.2, 0.25) is 0 Å². The highest BCUT2D eigenvalue weighted by Gasteiger charge is 2.17. The number of benzene rings is 4. The first-order chi connectivity index (χ1) is 15.9. The monoisotopic (exact) mass is 452 g/mol. The number of rotatable bonds is 6. The van der Waals surface area contributed by atoms with E-state index >= 15 is 0 Å². The summed E-state index contributed by atoms with van der Waals surface area (Å²) in [5.41, 5.74) is 2.10. The van der Waals surface area contributed by atoms with Crippen molar-refractivity contribution in [1.29, 1.82) is 0 Å². The maximum absolute atomic E-state index is 14.9. The maximum Gasteiger partial charge on any atom is 0.159 e. The van der Waals surface area contributed by atoms with Crippen LogP contribution in [0.3, 0.4) is 0 Å². The van der Waals surface area contributed by atoms with E-state index in [0.29, 0.717) is 5.56 Å². The van der Waals surface area contributed by atoms with E-state index in [9.17, 15) is 22.0 Å². The standard InChI is InChI=1S/C28H21F5/c1-2-3-4-17-5-7-18(8-6-17)19-9-11-22(24(30)13-19)21-15-26(32)28(27(33)16-21)20-10-12-23(29)25(31)14-20/h5-16H,2-4H2,1H3. The Labute approximate surface area is 189 Å². The molecule has 0 aromatic heterocycles. The van der Waals surface area contributed by atoms with Crippen LogP contribution in [-0.2, 0) is 6.42 Å². The van der Waals surface area contributed by atoms with E-state index in [-0.39, 0.29) is 16.7 Å². The molecule has 0 amide bonds. The highest BCUT2D eigenvalue weighted by molar-refractivity contribution is 5.74. The molecule has 0 unspecified atom stereocenters. The molecule has 5 heteroatoms. The summed E-state index contributed by atoms with van der Waals surface area (Å²) < 4.78 is 71.1. The van der Waals surface area contributed by atoms with Gasteiger partial charge in [0.1, 0.15) is 17.5 Å². The van der Waals surface area contributed by atoms with Gasteiger partial charge in [-0.3, -0.25) is 0 Å². The molecule has 0 saturated carbocycles. The lowest BCUT2D eigenvalue weighted by molar-refractivity contribution is 0.508. The number of hydrogen-bond acceptors (Lipinski definition) is 0. The van der Waals surface area contributed by atoms with Crippen LogP contribution in [0.15, 0.2) is 72.8 Å². The van der Waals surface area contributed by atoms with Crippen LogP contribution in [-0.4, -0.2) is 0 Å². The summed E-state index contributed by atoms with van der Waals surface area (Å²) in [6, 6.07) is 17.0. The smallest absolute Gasteiger partial charge is 0.159 e. The highest BCUT2D eigenvalue weighted by atomic mass is 19.2. The van der Waals surface area contributed by atoms with E-state index in [0.717, 1.165) is 55.2 Å². The Bertz CT molecular complexity index is 1270. The normalized spacial score (nSPS) is 11.1. The van der Waals surface area contributed by atoms with Crippen LogP contribution in [0.2, 0.25) is 0 Å². The lowest BCUT2D eigenvalue weighted by Crippen LogP contribution is -1.95. The second-order valence-corrected chi connectivity index (χ2v) is 7.94. The molecule has 0 N–H and O–H groups in total. The number of hydrogen-bond donors (Lipinski definition) is 0. The number of halogens is 5. The SMILES string of the molecule is CCCCc1ccc(-c2ccc(-c3cc(F)c(-c4ccc(F)c(F)c4)c(F)c3)c(F)c2)cc1. The zero-order chi connectivity index (χ0) is 23.5. The molecule has 33 heavy (non-hydrogen) atoms. The first-order valence-corrected chi connectivity index (χ1v) is 10.7. The van der Waals surface area contributed by atoms with Gasteiger partial charge in [-0.05, 0) is 71.0 Å². The summed E-state index contributed by atoms with van der Waals surface area (Å²) in [4.78, 5) is 0. The molecule has 0 heterocycles. The molecule has 0 nitrogen and oxygen atoms in total. The third-order valence-electron chi connectivity index (χ3n) is 5.64. The molecule has 0 atom stereocenters. The summed E-state index contributed by atoms with van der Waals surface area (Å²) in [6.45, 7) is 2.13. The van der Waals surface area contributed by atoms with Crippen LogP contribution in [0, 0.1) is 29.1 Å². The van der Waals surface area contributed by atoms with Crippen molar-refractivity contribution in [3.8, 4) is 33.4 Å². The molecular weight excluding hydrogens is 431 g/mol. The molecule has 0 aliphatic rings. The van der Waals surface area contributed by atoms with E-state index in [4.69, 9.17) is 0 Å². The third kappa shape index (κ3) is 4.82. The summed E-state index contributed by atoms with van der Waals surface area (Å²) in [7, 11) is 0. The number of aryl methyl sites for hydroxylation is 1. The average molecular weight is 452 g/mol. The van der Waals surface area contributed by atoms with Crippen molar-refractivity contribution in [3.63, 3.8) is 0 Å². The molecule has 0 aliphatic carbocycles. The second-order valence-electron chi connectivity index (χ2n) is 7.94. The minimum Gasteiger partial charge on any atom is -0.206 e. The van der Waals surface area contributed by atoms with Crippen LogP contribution in [0.4, 0.5) is 22.0 Å². The molecule has 0 fully saturated rings. The van der Waals surface area contributed by atoms with Crippen molar-refractivity contribution in [2.75, 3.05) is 0 Å². The minimum absolute atomic E-state index is 0.00953. The lowest BCUT2D eigenvalue weighted by Gasteiger charge is -2.11. The van der Waals surface area contributed by atoms with Gasteiger partial charge in [-0.2, -0.15) is 0 Å². The summed E-state index contributed by atoms with van der Waals surface area (Å²) in [5, 5.41) is 0. The minimum atomic E-state index is -1.21. The predicted octanol–water partition coefficient (Wildman–Crippen LogP) is 8.73. The van der Waals surface area contributed by atoms with Gasteiger partial charge in [0.15, 0.2) is 11.6 Å². The average Bonchev–Trinajstić information content (AvgIpc) is 2.79. The first kappa shape index (κ1) is 22.7. The topological polar surface area (TPSA) is 0 Å². The van der Waals surface area contributed by atoms with Gasteiger partial charge in [0.05, 0.1) is 5.56 Å². The van der Waals surface area contributed by atoms with Crippen molar-refractivity contribution < 1.29 is 22.0 Å². The molecule has 0 bridgehead atoms. The fourth-order valence-corrected chi connectivity index (χ4v) is 3.83. The molecule has 4 rings (SSSR count). The lowest BCUT2D eigenvalue weighted by atomic mass is 9.96. The maximum atomic E-state index is 14.9.